The number of carbonyl (C=O) groups is 1. The Balaban J connectivity index is 1.89. The first-order valence-corrected chi connectivity index (χ1v) is 9.52. The first kappa shape index (κ1) is 19.9. The number of nitrogens with zero attached hydrogens (tertiary/aromatic N) is 1. The first-order valence-electron chi connectivity index (χ1n) is 9.52. The summed E-state index contributed by atoms with van der Waals surface area (Å²) in [5.74, 6) is 1.17. The van der Waals surface area contributed by atoms with Gasteiger partial charge in [-0.05, 0) is 43.4 Å². The second-order valence-corrected chi connectivity index (χ2v) is 7.19. The molecular formula is C20H29NO6. The standard InChI is InChI=1S/C20H29NO6/c1-25-16-8-5-14(11-17(16)26-2)19-18(12-22)27-10-9-21(19)20(24)13-3-6-15(23)7-4-13/h5,8,11,13,15,18-19,22-23H,3-4,6-7,9-10,12H2,1-2H3/t13?,15?,18-,19-/m1/s1. The van der Waals surface area contributed by atoms with Gasteiger partial charge in [0.15, 0.2) is 11.5 Å². The van der Waals surface area contributed by atoms with E-state index in [0.29, 0.717) is 50.3 Å². The molecule has 3 rings (SSSR count). The maximum absolute atomic E-state index is 13.2. The predicted octanol–water partition coefficient (Wildman–Crippen LogP) is 1.52. The van der Waals surface area contributed by atoms with Crippen LogP contribution in [-0.4, -0.2) is 67.2 Å². The topological polar surface area (TPSA) is 88.5 Å². The van der Waals surface area contributed by atoms with Crippen LogP contribution >= 0.6 is 0 Å². The van der Waals surface area contributed by atoms with E-state index in [1.807, 2.05) is 17.0 Å². The zero-order valence-corrected chi connectivity index (χ0v) is 16.0. The normalized spacial score (nSPS) is 28.7. The Kier molecular flexibility index (Phi) is 6.57. The quantitative estimate of drug-likeness (QED) is 0.806. The third kappa shape index (κ3) is 4.20. The molecule has 0 unspecified atom stereocenters. The van der Waals surface area contributed by atoms with Gasteiger partial charge in [0.2, 0.25) is 5.91 Å². The van der Waals surface area contributed by atoms with E-state index in [1.54, 1.807) is 20.3 Å². The molecule has 1 heterocycles. The van der Waals surface area contributed by atoms with Crippen LogP contribution in [0.5, 0.6) is 11.5 Å². The summed E-state index contributed by atoms with van der Waals surface area (Å²) in [6.45, 7) is 0.704. The summed E-state index contributed by atoms with van der Waals surface area (Å²) < 4.78 is 16.5. The highest BCUT2D eigenvalue weighted by atomic mass is 16.5. The minimum atomic E-state index is -0.491. The summed E-state index contributed by atoms with van der Waals surface area (Å²) in [5.41, 5.74) is 0.843. The van der Waals surface area contributed by atoms with Gasteiger partial charge in [0.25, 0.3) is 0 Å². The van der Waals surface area contributed by atoms with E-state index in [1.165, 1.54) is 0 Å². The number of hydrogen-bond acceptors (Lipinski definition) is 6. The fourth-order valence-electron chi connectivity index (χ4n) is 4.12. The summed E-state index contributed by atoms with van der Waals surface area (Å²) in [4.78, 5) is 15.1. The average molecular weight is 379 g/mol. The molecule has 1 amide bonds. The Morgan fingerprint density at radius 1 is 1.19 bits per heavy atom. The van der Waals surface area contributed by atoms with Crippen molar-refractivity contribution in [2.24, 2.45) is 5.92 Å². The highest BCUT2D eigenvalue weighted by Crippen LogP contribution is 2.37. The number of methoxy groups -OCH3 is 2. The van der Waals surface area contributed by atoms with Gasteiger partial charge in [-0.2, -0.15) is 0 Å². The lowest BCUT2D eigenvalue weighted by atomic mass is 9.85. The highest BCUT2D eigenvalue weighted by Gasteiger charge is 2.39. The SMILES string of the molecule is COc1ccc([C@@H]2[C@@H](CO)OCCN2C(=O)C2CCC(O)CC2)cc1OC. The number of ether oxygens (including phenoxy) is 3. The van der Waals surface area contributed by atoms with Crippen LogP contribution in [0.25, 0.3) is 0 Å². The second-order valence-electron chi connectivity index (χ2n) is 7.19. The molecular weight excluding hydrogens is 350 g/mol. The summed E-state index contributed by atoms with van der Waals surface area (Å²) in [7, 11) is 3.14. The number of carbonyl (C=O) groups excluding carboxylic acids is 1. The Bertz CT molecular complexity index is 643. The van der Waals surface area contributed by atoms with E-state index in [2.05, 4.69) is 0 Å². The molecule has 7 heteroatoms. The van der Waals surface area contributed by atoms with E-state index >= 15 is 0 Å². The summed E-state index contributed by atoms with van der Waals surface area (Å²) >= 11 is 0. The molecule has 0 bridgehead atoms. The van der Waals surface area contributed by atoms with Crippen LogP contribution < -0.4 is 9.47 Å². The fourth-order valence-corrected chi connectivity index (χ4v) is 4.12. The van der Waals surface area contributed by atoms with Crippen molar-refractivity contribution in [3.8, 4) is 11.5 Å². The number of aliphatic hydroxyl groups is 2. The smallest absolute Gasteiger partial charge is 0.226 e. The van der Waals surface area contributed by atoms with Crippen LogP contribution in [0.15, 0.2) is 18.2 Å². The number of hydrogen-bond donors (Lipinski definition) is 2. The van der Waals surface area contributed by atoms with Crippen molar-refractivity contribution >= 4 is 5.91 Å². The van der Waals surface area contributed by atoms with Gasteiger partial charge in [-0.25, -0.2) is 0 Å². The lowest BCUT2D eigenvalue weighted by Crippen LogP contribution is -2.51. The molecule has 2 N–H and O–H groups in total. The van der Waals surface area contributed by atoms with E-state index < -0.39 is 6.10 Å². The predicted molar refractivity (Wildman–Crippen MR) is 98.8 cm³/mol. The van der Waals surface area contributed by atoms with Crippen LogP contribution in [0, 0.1) is 5.92 Å². The Labute approximate surface area is 159 Å². The molecule has 2 aliphatic rings. The van der Waals surface area contributed by atoms with E-state index in [0.717, 1.165) is 5.56 Å². The maximum atomic E-state index is 13.2. The molecule has 1 aliphatic heterocycles. The largest absolute Gasteiger partial charge is 0.493 e. The van der Waals surface area contributed by atoms with Crippen molar-refractivity contribution < 1.29 is 29.2 Å². The zero-order valence-electron chi connectivity index (χ0n) is 16.0. The van der Waals surface area contributed by atoms with Gasteiger partial charge in [0.1, 0.15) is 6.10 Å². The van der Waals surface area contributed by atoms with Crippen LogP contribution in [-0.2, 0) is 9.53 Å². The van der Waals surface area contributed by atoms with Crippen molar-refractivity contribution in [2.75, 3.05) is 34.0 Å². The minimum absolute atomic E-state index is 0.0726. The molecule has 1 aromatic rings. The van der Waals surface area contributed by atoms with Gasteiger partial charge >= 0.3 is 0 Å². The van der Waals surface area contributed by atoms with Crippen molar-refractivity contribution in [3.05, 3.63) is 23.8 Å². The van der Waals surface area contributed by atoms with Crippen molar-refractivity contribution in [2.45, 2.75) is 43.9 Å². The maximum Gasteiger partial charge on any atom is 0.226 e. The Hall–Kier alpha value is -1.83. The molecule has 1 aliphatic carbocycles. The lowest BCUT2D eigenvalue weighted by Gasteiger charge is -2.43. The molecule has 0 aromatic heterocycles. The van der Waals surface area contributed by atoms with Crippen molar-refractivity contribution in [1.82, 2.24) is 4.90 Å². The van der Waals surface area contributed by atoms with Crippen molar-refractivity contribution in [1.29, 1.82) is 0 Å². The molecule has 150 valence electrons. The monoisotopic (exact) mass is 379 g/mol. The first-order chi connectivity index (χ1) is 13.1. The summed E-state index contributed by atoms with van der Waals surface area (Å²) in [6.07, 6.45) is 1.91. The number of aliphatic hydroxyl groups excluding tert-OH is 2. The van der Waals surface area contributed by atoms with Crippen molar-refractivity contribution in [3.63, 3.8) is 0 Å². The van der Waals surface area contributed by atoms with Crippen LogP contribution in [0.1, 0.15) is 37.3 Å². The summed E-state index contributed by atoms with van der Waals surface area (Å²) in [6, 6.07) is 5.14. The van der Waals surface area contributed by atoms with Crippen LogP contribution in [0.3, 0.4) is 0 Å². The number of benzene rings is 1. The van der Waals surface area contributed by atoms with E-state index in [-0.39, 0.29) is 30.6 Å². The van der Waals surface area contributed by atoms with Gasteiger partial charge < -0.3 is 29.3 Å². The number of rotatable bonds is 5. The van der Waals surface area contributed by atoms with Gasteiger partial charge in [0.05, 0.1) is 39.6 Å². The van der Waals surface area contributed by atoms with E-state index in [4.69, 9.17) is 14.2 Å². The lowest BCUT2D eigenvalue weighted by molar-refractivity contribution is -0.155. The molecule has 0 radical (unpaired) electrons. The molecule has 0 spiro atoms. The number of morpholine rings is 1. The fraction of sp³-hybridized carbons (Fsp3) is 0.650. The van der Waals surface area contributed by atoms with Gasteiger partial charge in [-0.3, -0.25) is 4.79 Å². The minimum Gasteiger partial charge on any atom is -0.493 e. The molecule has 1 saturated heterocycles. The zero-order chi connectivity index (χ0) is 19.4. The van der Waals surface area contributed by atoms with Gasteiger partial charge in [-0.15, -0.1) is 0 Å². The Morgan fingerprint density at radius 3 is 2.52 bits per heavy atom. The molecule has 27 heavy (non-hydrogen) atoms. The molecule has 2 atom stereocenters. The summed E-state index contributed by atoms with van der Waals surface area (Å²) in [5, 5.41) is 19.6. The third-order valence-electron chi connectivity index (χ3n) is 5.61. The molecule has 2 fully saturated rings. The van der Waals surface area contributed by atoms with Gasteiger partial charge in [-0.1, -0.05) is 6.07 Å². The Morgan fingerprint density at radius 2 is 1.89 bits per heavy atom. The van der Waals surface area contributed by atoms with Crippen LogP contribution in [0.4, 0.5) is 0 Å². The number of amides is 1. The average Bonchev–Trinajstić information content (AvgIpc) is 2.72. The second kappa shape index (κ2) is 8.91. The molecule has 7 nitrogen and oxygen atoms in total. The van der Waals surface area contributed by atoms with E-state index in [9.17, 15) is 15.0 Å². The third-order valence-corrected chi connectivity index (χ3v) is 5.61. The highest BCUT2D eigenvalue weighted by molar-refractivity contribution is 5.79. The van der Waals surface area contributed by atoms with Crippen LogP contribution in [0.2, 0.25) is 0 Å². The molecule has 1 saturated carbocycles. The van der Waals surface area contributed by atoms with Gasteiger partial charge in [0, 0.05) is 12.5 Å². The molecule has 1 aromatic carbocycles.